The van der Waals surface area contributed by atoms with Gasteiger partial charge in [-0.05, 0) is 49.2 Å². The Morgan fingerprint density at radius 2 is 1.49 bits per heavy atom. The number of aryl methyl sites for hydroxylation is 1. The fraction of sp³-hybridized carbons (Fsp3) is 0.481. The lowest BCUT2D eigenvalue weighted by Gasteiger charge is -2.38. The molecule has 0 fully saturated rings. The molecule has 0 saturated heterocycles. The molecule has 2 N–H and O–H groups in total. The average molecular weight is 668 g/mol. The van der Waals surface area contributed by atoms with E-state index in [9.17, 15) is 63.0 Å². The first kappa shape index (κ1) is 37.4. The fourth-order valence-corrected chi connectivity index (χ4v) is 3.75. The lowest BCUT2D eigenvalue weighted by molar-refractivity contribution is -0.422. The predicted octanol–water partition coefficient (Wildman–Crippen LogP) is 7.04. The number of carboxylic acids is 1. The van der Waals surface area contributed by atoms with Crippen LogP contribution >= 0.6 is 0 Å². The summed E-state index contributed by atoms with van der Waals surface area (Å²) < 4.78 is 160. The van der Waals surface area contributed by atoms with Crippen LogP contribution in [0.4, 0.5) is 58.8 Å². The van der Waals surface area contributed by atoms with E-state index >= 15 is 0 Å². The van der Waals surface area contributed by atoms with Crippen LogP contribution in [-0.4, -0.2) is 84.3 Å². The van der Waals surface area contributed by atoms with Crippen molar-refractivity contribution in [2.45, 2.75) is 56.2 Å². The van der Waals surface area contributed by atoms with Crippen LogP contribution in [0.15, 0.2) is 48.5 Å². The summed E-state index contributed by atoms with van der Waals surface area (Å²) in [6.07, 6.45) is -8.55. The highest BCUT2D eigenvalue weighted by atomic mass is 19.4. The molecule has 2 aromatic carbocycles. The third kappa shape index (κ3) is 8.67. The SMILES string of the molecule is CCOC(Cc1ccc(OCCN(CC(F)(F)C(F)(F)C(F)(F)C(F)(F)C(F)(F)F)C(=O)Nc2cccc(C)c2)cc1)C(=O)O. The molecule has 0 heterocycles. The number of ether oxygens (including phenoxy) is 2. The Hall–Kier alpha value is -3.83. The summed E-state index contributed by atoms with van der Waals surface area (Å²) in [7, 11) is 0. The normalized spacial score (nSPS) is 13.7. The first-order valence-electron chi connectivity index (χ1n) is 12.8. The van der Waals surface area contributed by atoms with E-state index in [1.807, 2.05) is 5.32 Å². The topological polar surface area (TPSA) is 88.1 Å². The van der Waals surface area contributed by atoms with Crippen LogP contribution in [0.1, 0.15) is 18.1 Å². The van der Waals surface area contributed by atoms with Gasteiger partial charge in [0.25, 0.3) is 0 Å². The molecule has 1 atom stereocenters. The summed E-state index contributed by atoms with van der Waals surface area (Å²) >= 11 is 0. The van der Waals surface area contributed by atoms with E-state index in [0.717, 1.165) is 0 Å². The second kappa shape index (κ2) is 14.1. The van der Waals surface area contributed by atoms with Crippen molar-refractivity contribution in [1.82, 2.24) is 4.90 Å². The maximum absolute atomic E-state index is 14.6. The number of amides is 2. The van der Waals surface area contributed by atoms with Crippen LogP contribution < -0.4 is 10.1 Å². The molecule has 0 radical (unpaired) electrons. The minimum absolute atomic E-state index is 0.0190. The maximum Gasteiger partial charge on any atom is 0.460 e. The number of hydrogen-bond donors (Lipinski definition) is 2. The number of urea groups is 1. The molecule has 2 aromatic rings. The Balaban J connectivity index is 2.28. The number of anilines is 1. The number of benzene rings is 2. The van der Waals surface area contributed by atoms with E-state index in [1.54, 1.807) is 19.9 Å². The predicted molar refractivity (Wildman–Crippen MR) is 136 cm³/mol. The number of carbonyl (C=O) groups excluding carboxylic acids is 1. The lowest BCUT2D eigenvalue weighted by atomic mass is 9.97. The van der Waals surface area contributed by atoms with Gasteiger partial charge in [0.2, 0.25) is 0 Å². The van der Waals surface area contributed by atoms with Gasteiger partial charge < -0.3 is 24.8 Å². The van der Waals surface area contributed by atoms with E-state index in [4.69, 9.17) is 9.47 Å². The Bertz CT molecular complexity index is 1300. The Morgan fingerprint density at radius 3 is 2.00 bits per heavy atom. The number of nitrogens with one attached hydrogen (secondary N) is 1. The van der Waals surface area contributed by atoms with Crippen LogP contribution in [0.3, 0.4) is 0 Å². The molecule has 0 aliphatic carbocycles. The van der Waals surface area contributed by atoms with Crippen LogP contribution in [0, 0.1) is 6.92 Å². The number of nitrogens with zero attached hydrogens (tertiary/aromatic N) is 1. The number of alkyl halides is 11. The molecular formula is C27H27F11N2O5. The molecule has 0 aliphatic heterocycles. The van der Waals surface area contributed by atoms with Crippen molar-refractivity contribution in [2.75, 3.05) is 31.6 Å². The van der Waals surface area contributed by atoms with Gasteiger partial charge in [-0.3, -0.25) is 0 Å². The smallest absolute Gasteiger partial charge is 0.460 e. The van der Waals surface area contributed by atoms with Crippen molar-refractivity contribution in [3.63, 3.8) is 0 Å². The number of carbonyl (C=O) groups is 2. The first-order chi connectivity index (χ1) is 20.6. The van der Waals surface area contributed by atoms with Gasteiger partial charge in [0.15, 0.2) is 6.10 Å². The van der Waals surface area contributed by atoms with Gasteiger partial charge in [-0.2, -0.15) is 48.3 Å². The third-order valence-corrected chi connectivity index (χ3v) is 6.17. The molecule has 18 heteroatoms. The zero-order chi connectivity index (χ0) is 34.4. The molecule has 7 nitrogen and oxygen atoms in total. The number of carboxylic acid groups (broad SMARTS) is 1. The summed E-state index contributed by atoms with van der Waals surface area (Å²) in [6.45, 7) is -1.34. The molecule has 0 bridgehead atoms. The zero-order valence-electron chi connectivity index (χ0n) is 23.4. The highest BCUT2D eigenvalue weighted by Gasteiger charge is 2.87. The fourth-order valence-electron chi connectivity index (χ4n) is 3.75. The minimum atomic E-state index is -7.62. The first-order valence-corrected chi connectivity index (χ1v) is 12.8. The molecule has 252 valence electrons. The Labute approximate surface area is 248 Å². The molecule has 0 aromatic heterocycles. The molecule has 0 saturated carbocycles. The molecular weight excluding hydrogens is 641 g/mol. The van der Waals surface area contributed by atoms with Gasteiger partial charge in [-0.1, -0.05) is 24.3 Å². The molecule has 2 rings (SSSR count). The van der Waals surface area contributed by atoms with Gasteiger partial charge in [0.05, 0.1) is 13.1 Å². The lowest BCUT2D eigenvalue weighted by Crippen LogP contribution is -2.68. The molecule has 0 aliphatic rings. The van der Waals surface area contributed by atoms with Crippen LogP contribution in [0.2, 0.25) is 0 Å². The average Bonchev–Trinajstić information content (AvgIpc) is 2.92. The van der Waals surface area contributed by atoms with E-state index < -0.39 is 67.7 Å². The van der Waals surface area contributed by atoms with E-state index in [0.29, 0.717) is 11.1 Å². The quantitative estimate of drug-likeness (QED) is 0.199. The highest BCUT2D eigenvalue weighted by Crippen LogP contribution is 2.57. The van der Waals surface area contributed by atoms with Gasteiger partial charge in [0.1, 0.15) is 12.4 Å². The second-order valence-corrected chi connectivity index (χ2v) is 9.63. The van der Waals surface area contributed by atoms with Gasteiger partial charge in [-0.15, -0.1) is 0 Å². The third-order valence-electron chi connectivity index (χ3n) is 6.17. The highest BCUT2D eigenvalue weighted by molar-refractivity contribution is 5.89. The largest absolute Gasteiger partial charge is 0.492 e. The van der Waals surface area contributed by atoms with Crippen molar-refractivity contribution < 1.29 is 72.5 Å². The summed E-state index contributed by atoms with van der Waals surface area (Å²) in [4.78, 5) is 23.8. The summed E-state index contributed by atoms with van der Waals surface area (Å²) in [5, 5.41) is 11.2. The van der Waals surface area contributed by atoms with Crippen LogP contribution in [-0.2, 0) is 16.0 Å². The number of hydrogen-bond acceptors (Lipinski definition) is 4. The van der Waals surface area contributed by atoms with Crippen molar-refractivity contribution in [1.29, 1.82) is 0 Å². The van der Waals surface area contributed by atoms with Gasteiger partial charge in [0, 0.05) is 18.7 Å². The van der Waals surface area contributed by atoms with Crippen molar-refractivity contribution in [3.05, 3.63) is 59.7 Å². The van der Waals surface area contributed by atoms with Gasteiger partial charge in [-0.25, -0.2) is 9.59 Å². The zero-order valence-corrected chi connectivity index (χ0v) is 23.4. The van der Waals surface area contributed by atoms with E-state index in [-0.39, 0.29) is 29.4 Å². The summed E-state index contributed by atoms with van der Waals surface area (Å²) in [5.41, 5.74) is 0.894. The molecule has 0 spiro atoms. The monoisotopic (exact) mass is 668 g/mol. The number of rotatable bonds is 15. The maximum atomic E-state index is 14.6. The Morgan fingerprint density at radius 1 is 0.889 bits per heavy atom. The van der Waals surface area contributed by atoms with E-state index in [1.165, 1.54) is 42.5 Å². The minimum Gasteiger partial charge on any atom is -0.492 e. The second-order valence-electron chi connectivity index (χ2n) is 9.63. The summed E-state index contributed by atoms with van der Waals surface area (Å²) in [5.74, 6) is -30.1. The van der Waals surface area contributed by atoms with Crippen LogP contribution in [0.25, 0.3) is 0 Å². The Kier molecular flexibility index (Phi) is 11.7. The van der Waals surface area contributed by atoms with Crippen molar-refractivity contribution >= 4 is 17.7 Å². The van der Waals surface area contributed by atoms with Gasteiger partial charge >= 0.3 is 41.9 Å². The van der Waals surface area contributed by atoms with Crippen LogP contribution in [0.5, 0.6) is 5.75 Å². The molecule has 2 amide bonds. The standard InChI is InChI=1S/C27H27F11N2O5/c1-3-44-20(21(41)42)14-17-7-9-19(10-8-17)45-12-11-40(22(43)39-18-6-4-5-16(2)13-18)15-23(28,29)24(30,31)25(32,33)26(34,35)27(36,37)38/h4-10,13,20H,3,11-12,14-15H2,1-2H3,(H,39,43)(H,41,42). The number of aliphatic carboxylic acids is 1. The molecule has 1 unspecified atom stereocenters. The summed E-state index contributed by atoms with van der Waals surface area (Å²) in [6, 6.07) is 9.16. The van der Waals surface area contributed by atoms with Crippen molar-refractivity contribution in [2.24, 2.45) is 0 Å². The number of halogens is 11. The van der Waals surface area contributed by atoms with Crippen molar-refractivity contribution in [3.8, 4) is 5.75 Å². The van der Waals surface area contributed by atoms with E-state index in [2.05, 4.69) is 0 Å². The molecule has 45 heavy (non-hydrogen) atoms.